The van der Waals surface area contributed by atoms with Crippen molar-refractivity contribution in [3.05, 3.63) is 302 Å². The highest BCUT2D eigenvalue weighted by Crippen LogP contribution is 2.41. The second-order valence-electron chi connectivity index (χ2n) is 28.8. The van der Waals surface area contributed by atoms with Gasteiger partial charge in [0.25, 0.3) is 17.7 Å². The number of carbonyl (C=O) groups excluding carboxylic acids is 8. The highest BCUT2D eigenvalue weighted by Gasteiger charge is 2.46. The molecule has 4 fully saturated rings. The zero-order valence-corrected chi connectivity index (χ0v) is 70.9. The summed E-state index contributed by atoms with van der Waals surface area (Å²) in [5.41, 5.74) is 4.26. The Morgan fingerprint density at radius 1 is 0.408 bits per heavy atom. The zero-order valence-electron chi connectivity index (χ0n) is 66.2. The number of amides is 8. The number of hydrogen-bond acceptors (Lipinski definition) is 17. The van der Waals surface area contributed by atoms with Crippen molar-refractivity contribution in [1.29, 1.82) is 0 Å². The number of alkyl halides is 3. The molecule has 8 aromatic carbocycles. The van der Waals surface area contributed by atoms with Gasteiger partial charge in [0, 0.05) is 108 Å². The minimum atomic E-state index is -0.926. The molecule has 4 aliphatic heterocycles. The summed E-state index contributed by atoms with van der Waals surface area (Å²) in [6.45, 7) is 9.29. The largest absolute Gasteiger partial charge is 0.457 e. The van der Waals surface area contributed by atoms with Gasteiger partial charge in [0.15, 0.2) is 0 Å². The number of anilines is 3. The summed E-state index contributed by atoms with van der Waals surface area (Å²) in [5, 5.41) is 9.11. The topological polar surface area (TPSA) is 221 Å². The minimum Gasteiger partial charge on any atom is -0.457 e. The molecule has 120 heavy (non-hydrogen) atoms. The molecule has 28 heteroatoms. The Balaban J connectivity index is 0.000000157. The number of aryl methyl sites for hydroxylation is 1. The van der Waals surface area contributed by atoms with Gasteiger partial charge in [-0.2, -0.15) is 0 Å². The van der Waals surface area contributed by atoms with E-state index in [4.69, 9.17) is 58.5 Å². The van der Waals surface area contributed by atoms with Gasteiger partial charge in [-0.1, -0.05) is 133 Å². The van der Waals surface area contributed by atoms with E-state index in [1.165, 1.54) is 48.7 Å². The van der Waals surface area contributed by atoms with Crippen LogP contribution < -0.4 is 34.2 Å². The molecule has 8 amide bonds. The molecule has 1 N–H and O–H groups in total. The predicted molar refractivity (Wildman–Crippen MR) is 470 cm³/mol. The molecule has 22 nitrogen and oxygen atoms in total. The highest BCUT2D eigenvalue weighted by molar-refractivity contribution is 7.10. The second kappa shape index (κ2) is 41.9. The molecule has 4 saturated heterocycles. The van der Waals surface area contributed by atoms with Gasteiger partial charge in [-0.3, -0.25) is 43.5 Å². The van der Waals surface area contributed by atoms with Gasteiger partial charge in [-0.25, -0.2) is 9.59 Å². The number of fused-ring (bicyclic) bond motifs is 2. The monoisotopic (exact) mass is 1730 g/mol. The number of hydrogen-bond donors (Lipinski definition) is 1. The van der Waals surface area contributed by atoms with E-state index in [2.05, 4.69) is 5.32 Å². The lowest BCUT2D eigenvalue weighted by Gasteiger charge is -2.42. The van der Waals surface area contributed by atoms with Crippen LogP contribution in [-0.4, -0.2) is 166 Å². The third-order valence-corrected chi connectivity index (χ3v) is 24.2. The van der Waals surface area contributed by atoms with Gasteiger partial charge < -0.3 is 53.5 Å². The van der Waals surface area contributed by atoms with Crippen LogP contribution in [0.25, 0.3) is 0 Å². The maximum Gasteiger partial charge on any atom is 0.410 e. The van der Waals surface area contributed by atoms with Crippen LogP contribution in [0.4, 0.5) is 26.7 Å². The molecule has 620 valence electrons. The maximum atomic E-state index is 14.3. The summed E-state index contributed by atoms with van der Waals surface area (Å²) in [6, 6.07) is 75.5. The zero-order chi connectivity index (χ0) is 84.0. The van der Waals surface area contributed by atoms with E-state index in [1.54, 1.807) is 80.3 Å². The molecule has 0 radical (unpaired) electrons. The Bertz CT molecular complexity index is 5200. The fourth-order valence-electron chi connectivity index (χ4n) is 14.9. The normalized spacial score (nSPS) is 16.7. The van der Waals surface area contributed by atoms with Crippen molar-refractivity contribution in [3.63, 3.8) is 0 Å². The van der Waals surface area contributed by atoms with Crippen LogP contribution in [0.3, 0.4) is 0 Å². The van der Waals surface area contributed by atoms with Crippen molar-refractivity contribution in [3.8, 4) is 34.5 Å². The molecule has 2 bridgehead atoms. The minimum absolute atomic E-state index is 0.0606. The Kier molecular flexibility index (Phi) is 30.1. The summed E-state index contributed by atoms with van der Waals surface area (Å²) < 4.78 is 28.9. The van der Waals surface area contributed by atoms with Crippen molar-refractivity contribution < 1.29 is 62.0 Å². The van der Waals surface area contributed by atoms with Gasteiger partial charge in [-0.05, 0) is 181 Å². The molecule has 0 aliphatic carbocycles. The highest BCUT2D eigenvalue weighted by atomic mass is 35.5. The summed E-state index contributed by atoms with van der Waals surface area (Å²) >= 11 is 22.5. The van der Waals surface area contributed by atoms with Crippen LogP contribution in [0.15, 0.2) is 271 Å². The van der Waals surface area contributed by atoms with E-state index in [9.17, 15) is 38.4 Å². The first kappa shape index (κ1) is 86.3. The SMILES string of the molecule is C[C@@H]1CN(C(=O)C(c2cccs2)N(C(=O)CCl)c2ccc(Oc3ccccc3)cc2)CCN1C(=O)OCc1ccccc1.Cc1cc(Oc2ccccc2)ccc1N(C(=O)CCl)C(C(=O)N1CCN(C(=O)OCc2ccccc2)[C@H](C)C1)c1cccs1.O=C(C(c1cccs1)N(C(=O)CCl)c1ccc(Oc2ccccc2)cc1)N1CC2CC1CN2. The number of rotatable bonds is 25. The van der Waals surface area contributed by atoms with Gasteiger partial charge in [0.1, 0.15) is 83.5 Å². The van der Waals surface area contributed by atoms with E-state index in [0.717, 1.165) is 45.2 Å². The summed E-state index contributed by atoms with van der Waals surface area (Å²) in [7, 11) is 0. The van der Waals surface area contributed by atoms with Crippen LogP contribution in [0.5, 0.6) is 34.5 Å². The standard InChI is InChI=1S/C34H34ClN3O5S.C33H32ClN3O5S.C25H24ClN3O3S/c1-24-20-28(43-27-12-7-4-8-13-27)15-16-29(24)38(31(39)21-35)32(30-14-9-19-44-30)33(40)36-17-18-37(25(2)22-36)34(41)42-23-26-10-5-3-6-11-26;1-24-22-35(18-19-36(24)33(40)41-23-25-9-4-2-5-10-25)32(39)31(29-13-8-20-43-29)37(30(38)21-34)26-14-16-28(17-15-26)42-27-11-6-3-7-12-27;26-14-23(30)29(18-8-10-21(11-9-18)32-20-5-2-1-3-6-20)24(22-7-4-12-33-22)25(31)28-16-17-13-19(28)15-27-17/h3-16,19-20,25,32H,17-18,21-23H2,1-2H3;2-17,20,24,31H,18-19,21-23H2,1H3;1-12,17,19,24,27H,13-16H2/t25-,32?;24-,31?;/m11./s1. The van der Waals surface area contributed by atoms with E-state index < -0.39 is 42.1 Å². The van der Waals surface area contributed by atoms with Crippen LogP contribution in [0, 0.1) is 6.92 Å². The number of nitrogens with one attached hydrogen (secondary N) is 1. The number of para-hydroxylation sites is 3. The first-order chi connectivity index (χ1) is 58.4. The molecule has 5 unspecified atom stereocenters. The number of benzene rings is 8. The molecule has 15 rings (SSSR count). The van der Waals surface area contributed by atoms with E-state index in [1.807, 2.05) is 236 Å². The van der Waals surface area contributed by atoms with Gasteiger partial charge >= 0.3 is 12.2 Å². The average molecular weight is 1730 g/mol. The van der Waals surface area contributed by atoms with Crippen molar-refractivity contribution >= 4 is 134 Å². The number of nitrogens with zero attached hydrogens (tertiary/aromatic N) is 8. The fraction of sp³-hybridized carbons (Fsp3) is 0.261. The Morgan fingerprint density at radius 3 is 1.12 bits per heavy atom. The number of halogens is 3. The summed E-state index contributed by atoms with van der Waals surface area (Å²) in [5.74, 6) is 1.49. The van der Waals surface area contributed by atoms with Crippen molar-refractivity contribution in [1.82, 2.24) is 29.8 Å². The van der Waals surface area contributed by atoms with E-state index >= 15 is 0 Å². The number of thiophene rings is 3. The predicted octanol–water partition coefficient (Wildman–Crippen LogP) is 18.2. The van der Waals surface area contributed by atoms with E-state index in [-0.39, 0.29) is 72.6 Å². The van der Waals surface area contributed by atoms with Crippen LogP contribution in [0.2, 0.25) is 0 Å². The number of likely N-dealkylation sites (tertiary alicyclic amines) is 1. The fourth-order valence-corrected chi connectivity index (χ4v) is 17.7. The third-order valence-electron chi connectivity index (χ3n) is 20.8. The second-order valence-corrected chi connectivity index (χ2v) is 32.6. The van der Waals surface area contributed by atoms with Crippen molar-refractivity contribution in [2.24, 2.45) is 0 Å². The molecule has 11 aromatic rings. The molecular weight excluding hydrogens is 1640 g/mol. The van der Waals surface area contributed by atoms with Crippen molar-refractivity contribution in [2.75, 3.05) is 84.7 Å². The van der Waals surface area contributed by atoms with Gasteiger partial charge in [-0.15, -0.1) is 68.8 Å². The number of ether oxygens (including phenoxy) is 5. The van der Waals surface area contributed by atoms with Gasteiger partial charge in [0.2, 0.25) is 17.7 Å². The molecule has 4 aliphatic rings. The lowest BCUT2D eigenvalue weighted by Crippen LogP contribution is -2.57. The lowest BCUT2D eigenvalue weighted by molar-refractivity contribution is -0.137. The molecule has 3 aromatic heterocycles. The number of carbonyl (C=O) groups is 8. The third kappa shape index (κ3) is 21.7. The first-order valence-corrected chi connectivity index (χ1v) is 43.5. The van der Waals surface area contributed by atoms with Crippen LogP contribution in [-0.2, 0) is 51.5 Å². The van der Waals surface area contributed by atoms with Crippen LogP contribution >= 0.6 is 68.8 Å². The Hall–Kier alpha value is -11.6. The molecule has 0 saturated carbocycles. The smallest absolute Gasteiger partial charge is 0.410 e. The van der Waals surface area contributed by atoms with E-state index in [0.29, 0.717) is 103 Å². The lowest BCUT2D eigenvalue weighted by atomic mass is 10.1. The molecule has 7 atom stereocenters. The Labute approximate surface area is 724 Å². The van der Waals surface area contributed by atoms with Gasteiger partial charge in [0.05, 0.1) is 0 Å². The number of piperazine rings is 3. The average Bonchev–Trinajstić information content (AvgIpc) is 1.56. The molecular formula is C92H90Cl3N9O13S3. The first-order valence-electron chi connectivity index (χ1n) is 39.2. The summed E-state index contributed by atoms with van der Waals surface area (Å²) in [4.78, 5) is 123. The summed E-state index contributed by atoms with van der Waals surface area (Å²) in [6.07, 6.45) is 0.114. The van der Waals surface area contributed by atoms with Crippen molar-refractivity contribution in [2.45, 2.75) is 82.7 Å². The molecule has 7 heterocycles. The Morgan fingerprint density at radius 2 is 0.767 bits per heavy atom. The quantitative estimate of drug-likeness (QED) is 0.0526. The molecule has 0 spiro atoms. The van der Waals surface area contributed by atoms with Crippen LogP contribution in [0.1, 0.15) is 69.7 Å². The maximum absolute atomic E-state index is 14.3.